The Labute approximate surface area is 108 Å². The lowest BCUT2D eigenvalue weighted by atomic mass is 10.1. The Balaban J connectivity index is 1.59. The van der Waals surface area contributed by atoms with Crippen molar-refractivity contribution in [3.8, 4) is 11.5 Å². The number of benzene rings is 1. The first-order valence-corrected chi connectivity index (χ1v) is 6.96. The smallest absolute Gasteiger partial charge is 0.231 e. The van der Waals surface area contributed by atoms with Crippen molar-refractivity contribution in [3.63, 3.8) is 0 Å². The van der Waals surface area contributed by atoms with Crippen LogP contribution in [0.25, 0.3) is 0 Å². The van der Waals surface area contributed by atoms with E-state index in [1.54, 1.807) is 0 Å². The van der Waals surface area contributed by atoms with E-state index in [1.165, 1.54) is 31.2 Å². The monoisotopic (exact) mass is 247 g/mol. The average molecular weight is 247 g/mol. The van der Waals surface area contributed by atoms with Crippen LogP contribution >= 0.6 is 0 Å². The summed E-state index contributed by atoms with van der Waals surface area (Å²) >= 11 is 0. The summed E-state index contributed by atoms with van der Waals surface area (Å²) in [6.45, 7) is 3.70. The van der Waals surface area contributed by atoms with Crippen LogP contribution in [-0.2, 0) is 0 Å². The highest BCUT2D eigenvalue weighted by Crippen LogP contribution is 2.34. The van der Waals surface area contributed by atoms with Crippen molar-refractivity contribution in [2.24, 2.45) is 5.92 Å². The van der Waals surface area contributed by atoms with E-state index in [0.29, 0.717) is 12.8 Å². The molecule has 2 aliphatic rings. The fourth-order valence-electron chi connectivity index (χ4n) is 2.86. The Morgan fingerprint density at radius 1 is 1.22 bits per heavy atom. The van der Waals surface area contributed by atoms with Crippen molar-refractivity contribution in [2.45, 2.75) is 38.6 Å². The summed E-state index contributed by atoms with van der Waals surface area (Å²) in [5.74, 6) is 2.62. The molecular formula is C15H21NO2. The molecule has 0 aromatic heterocycles. The molecule has 0 bridgehead atoms. The summed E-state index contributed by atoms with van der Waals surface area (Å²) in [5.41, 5.74) is 1.28. The van der Waals surface area contributed by atoms with Crippen LogP contribution in [0.4, 0.5) is 0 Å². The predicted octanol–water partition coefficient (Wildman–Crippen LogP) is 3.26. The van der Waals surface area contributed by atoms with Gasteiger partial charge in [-0.3, -0.25) is 0 Å². The van der Waals surface area contributed by atoms with Crippen molar-refractivity contribution in [3.05, 3.63) is 23.8 Å². The van der Waals surface area contributed by atoms with Gasteiger partial charge in [-0.05, 0) is 49.9 Å². The van der Waals surface area contributed by atoms with Gasteiger partial charge in [0, 0.05) is 6.04 Å². The molecule has 1 aromatic rings. The van der Waals surface area contributed by atoms with Crippen LogP contribution in [0.15, 0.2) is 18.2 Å². The van der Waals surface area contributed by atoms with Crippen LogP contribution in [0, 0.1) is 5.92 Å². The van der Waals surface area contributed by atoms with Gasteiger partial charge in [0.1, 0.15) is 0 Å². The molecule has 0 spiro atoms. The third kappa shape index (κ3) is 2.46. The molecule has 1 saturated carbocycles. The maximum Gasteiger partial charge on any atom is 0.231 e. The van der Waals surface area contributed by atoms with E-state index in [-0.39, 0.29) is 0 Å². The SMILES string of the molecule is CC(NCC1CCCC1)c1ccc2c(c1)OCO2. The number of nitrogens with one attached hydrogen (secondary N) is 1. The van der Waals surface area contributed by atoms with E-state index in [4.69, 9.17) is 9.47 Å². The summed E-state index contributed by atoms with van der Waals surface area (Å²) in [7, 11) is 0. The minimum atomic E-state index is 0.350. The van der Waals surface area contributed by atoms with Crippen LogP contribution in [0.3, 0.4) is 0 Å². The number of ether oxygens (including phenoxy) is 2. The zero-order chi connectivity index (χ0) is 12.4. The van der Waals surface area contributed by atoms with Gasteiger partial charge in [-0.2, -0.15) is 0 Å². The van der Waals surface area contributed by atoms with Crippen molar-refractivity contribution < 1.29 is 9.47 Å². The lowest BCUT2D eigenvalue weighted by Gasteiger charge is -2.17. The zero-order valence-corrected chi connectivity index (χ0v) is 10.9. The average Bonchev–Trinajstić information content (AvgIpc) is 3.05. The molecule has 1 N–H and O–H groups in total. The normalized spacial score (nSPS) is 20.3. The lowest BCUT2D eigenvalue weighted by Crippen LogP contribution is -2.24. The van der Waals surface area contributed by atoms with Crippen LogP contribution < -0.4 is 14.8 Å². The number of rotatable bonds is 4. The highest BCUT2D eigenvalue weighted by molar-refractivity contribution is 5.45. The molecule has 98 valence electrons. The summed E-state index contributed by atoms with van der Waals surface area (Å²) in [6.07, 6.45) is 5.59. The first-order chi connectivity index (χ1) is 8.83. The Bertz CT molecular complexity index is 413. The molecule has 3 nitrogen and oxygen atoms in total. The lowest BCUT2D eigenvalue weighted by molar-refractivity contribution is 0.174. The fourth-order valence-corrected chi connectivity index (χ4v) is 2.86. The Kier molecular flexibility index (Phi) is 3.41. The Morgan fingerprint density at radius 2 is 2.00 bits per heavy atom. The third-order valence-corrected chi connectivity index (χ3v) is 4.08. The molecule has 1 aliphatic carbocycles. The second kappa shape index (κ2) is 5.19. The standard InChI is InChI=1S/C15H21NO2/c1-11(16-9-12-4-2-3-5-12)13-6-7-14-15(8-13)18-10-17-14/h6-8,11-12,16H,2-5,9-10H2,1H3. The van der Waals surface area contributed by atoms with Gasteiger partial charge in [-0.1, -0.05) is 18.9 Å². The molecule has 1 unspecified atom stereocenters. The number of hydrogen-bond acceptors (Lipinski definition) is 3. The van der Waals surface area contributed by atoms with Crippen molar-refractivity contribution in [2.75, 3.05) is 13.3 Å². The third-order valence-electron chi connectivity index (χ3n) is 4.08. The minimum absolute atomic E-state index is 0.350. The molecule has 1 fully saturated rings. The van der Waals surface area contributed by atoms with E-state index in [0.717, 1.165) is 24.0 Å². The molecule has 1 atom stereocenters. The quantitative estimate of drug-likeness (QED) is 0.886. The highest BCUT2D eigenvalue weighted by atomic mass is 16.7. The molecule has 3 rings (SSSR count). The largest absolute Gasteiger partial charge is 0.454 e. The molecule has 18 heavy (non-hydrogen) atoms. The van der Waals surface area contributed by atoms with Gasteiger partial charge in [0.05, 0.1) is 0 Å². The maximum absolute atomic E-state index is 5.42. The van der Waals surface area contributed by atoms with Crippen LogP contribution in [-0.4, -0.2) is 13.3 Å². The molecule has 0 radical (unpaired) electrons. The van der Waals surface area contributed by atoms with Crippen molar-refractivity contribution in [1.82, 2.24) is 5.32 Å². The number of hydrogen-bond donors (Lipinski definition) is 1. The Hall–Kier alpha value is -1.22. The van der Waals surface area contributed by atoms with E-state index in [2.05, 4.69) is 24.4 Å². The van der Waals surface area contributed by atoms with Gasteiger partial charge < -0.3 is 14.8 Å². The molecule has 1 aromatic carbocycles. The molecular weight excluding hydrogens is 226 g/mol. The summed E-state index contributed by atoms with van der Waals surface area (Å²) in [4.78, 5) is 0. The van der Waals surface area contributed by atoms with E-state index in [9.17, 15) is 0 Å². The van der Waals surface area contributed by atoms with Crippen LogP contribution in [0.1, 0.15) is 44.2 Å². The van der Waals surface area contributed by atoms with Crippen LogP contribution in [0.5, 0.6) is 11.5 Å². The second-order valence-corrected chi connectivity index (χ2v) is 5.39. The van der Waals surface area contributed by atoms with E-state index < -0.39 is 0 Å². The summed E-state index contributed by atoms with van der Waals surface area (Å²) < 4.78 is 10.7. The van der Waals surface area contributed by atoms with Gasteiger partial charge >= 0.3 is 0 Å². The topological polar surface area (TPSA) is 30.5 Å². The second-order valence-electron chi connectivity index (χ2n) is 5.39. The van der Waals surface area contributed by atoms with Crippen LogP contribution in [0.2, 0.25) is 0 Å². The number of fused-ring (bicyclic) bond motifs is 1. The molecule has 1 heterocycles. The van der Waals surface area contributed by atoms with Gasteiger partial charge in [-0.15, -0.1) is 0 Å². The van der Waals surface area contributed by atoms with E-state index >= 15 is 0 Å². The minimum Gasteiger partial charge on any atom is -0.454 e. The first-order valence-electron chi connectivity index (χ1n) is 6.96. The molecule has 0 saturated heterocycles. The summed E-state index contributed by atoms with van der Waals surface area (Å²) in [6, 6.07) is 6.60. The zero-order valence-electron chi connectivity index (χ0n) is 10.9. The van der Waals surface area contributed by atoms with Gasteiger partial charge in [-0.25, -0.2) is 0 Å². The molecule has 3 heteroatoms. The van der Waals surface area contributed by atoms with Gasteiger partial charge in [0.15, 0.2) is 11.5 Å². The molecule has 0 amide bonds. The first kappa shape index (κ1) is 11.8. The van der Waals surface area contributed by atoms with Crippen molar-refractivity contribution in [1.29, 1.82) is 0 Å². The fraction of sp³-hybridized carbons (Fsp3) is 0.600. The highest BCUT2D eigenvalue weighted by Gasteiger charge is 2.18. The van der Waals surface area contributed by atoms with Gasteiger partial charge in [0.25, 0.3) is 0 Å². The summed E-state index contributed by atoms with van der Waals surface area (Å²) in [5, 5.41) is 3.64. The Morgan fingerprint density at radius 3 is 2.83 bits per heavy atom. The van der Waals surface area contributed by atoms with Crippen molar-refractivity contribution >= 4 is 0 Å². The maximum atomic E-state index is 5.42. The van der Waals surface area contributed by atoms with E-state index in [1.807, 2.05) is 6.07 Å². The van der Waals surface area contributed by atoms with Gasteiger partial charge in [0.2, 0.25) is 6.79 Å². The molecule has 1 aliphatic heterocycles. The predicted molar refractivity (Wildman–Crippen MR) is 70.9 cm³/mol.